The third kappa shape index (κ3) is 4.55. The maximum absolute atomic E-state index is 11.2. The van der Waals surface area contributed by atoms with Crippen LogP contribution < -0.4 is 4.74 Å². The average molecular weight is 346 g/mol. The molecule has 8 nitrogen and oxygen atoms in total. The van der Waals surface area contributed by atoms with Crippen molar-refractivity contribution >= 4 is 5.97 Å². The third-order valence-corrected chi connectivity index (χ3v) is 4.43. The van der Waals surface area contributed by atoms with E-state index >= 15 is 0 Å². The molecule has 1 saturated heterocycles. The maximum atomic E-state index is 11.2. The molecular weight excluding hydrogens is 324 g/mol. The van der Waals surface area contributed by atoms with Crippen LogP contribution in [-0.2, 0) is 11.3 Å². The zero-order valence-electron chi connectivity index (χ0n) is 13.8. The molecule has 1 aliphatic heterocycles. The number of carboxylic acid groups (broad SMARTS) is 1. The second-order valence-electron chi connectivity index (χ2n) is 6.27. The van der Waals surface area contributed by atoms with E-state index in [1.807, 2.05) is 24.3 Å². The lowest BCUT2D eigenvalue weighted by molar-refractivity contribution is -0.138. The lowest BCUT2D eigenvalue weighted by Gasteiger charge is -2.16. The molecule has 0 aliphatic carbocycles. The van der Waals surface area contributed by atoms with E-state index in [-0.39, 0.29) is 31.5 Å². The summed E-state index contributed by atoms with van der Waals surface area (Å²) in [5.74, 6) is 0.000669. The Bertz CT molecular complexity index is 692. The van der Waals surface area contributed by atoms with E-state index in [4.69, 9.17) is 9.84 Å². The Morgan fingerprint density at radius 1 is 1.40 bits per heavy atom. The SMILES string of the molecule is O=C(O)C[C@H]1CN(Cc2cccc(OCCO)c2)C[C@H]1c1cn[nH]n1. The summed E-state index contributed by atoms with van der Waals surface area (Å²) in [4.78, 5) is 13.4. The minimum absolute atomic E-state index is 0.0106. The van der Waals surface area contributed by atoms with Gasteiger partial charge in [-0.1, -0.05) is 12.1 Å². The molecule has 0 unspecified atom stereocenters. The Labute approximate surface area is 145 Å². The molecule has 2 heterocycles. The van der Waals surface area contributed by atoms with Crippen LogP contribution in [0.25, 0.3) is 0 Å². The van der Waals surface area contributed by atoms with E-state index in [0.29, 0.717) is 13.1 Å². The van der Waals surface area contributed by atoms with Crippen molar-refractivity contribution in [1.29, 1.82) is 0 Å². The number of aliphatic hydroxyl groups is 1. The van der Waals surface area contributed by atoms with Gasteiger partial charge in [-0.3, -0.25) is 9.69 Å². The third-order valence-electron chi connectivity index (χ3n) is 4.43. The van der Waals surface area contributed by atoms with Crippen LogP contribution in [0.5, 0.6) is 5.75 Å². The van der Waals surface area contributed by atoms with Gasteiger partial charge in [-0.15, -0.1) is 0 Å². The standard InChI is InChI=1S/C17H22N4O4/c22-4-5-25-14-3-1-2-12(6-14)9-21-10-13(7-17(23)24)15(11-21)16-8-18-20-19-16/h1-3,6,8,13,15,22H,4-5,7,9-11H2,(H,23,24)(H,18,19,20)/t13-,15+/m0/s1. The summed E-state index contributed by atoms with van der Waals surface area (Å²) in [6.07, 6.45) is 1.79. The van der Waals surface area contributed by atoms with Crippen LogP contribution in [0.3, 0.4) is 0 Å². The van der Waals surface area contributed by atoms with Gasteiger partial charge in [0.15, 0.2) is 0 Å². The van der Waals surface area contributed by atoms with Gasteiger partial charge in [0.1, 0.15) is 12.4 Å². The van der Waals surface area contributed by atoms with E-state index in [1.54, 1.807) is 6.20 Å². The lowest BCUT2D eigenvalue weighted by atomic mass is 9.91. The van der Waals surface area contributed by atoms with Gasteiger partial charge in [-0.25, -0.2) is 0 Å². The molecule has 2 atom stereocenters. The summed E-state index contributed by atoms with van der Waals surface area (Å²) in [6, 6.07) is 7.74. The molecule has 2 aromatic rings. The number of ether oxygens (including phenoxy) is 1. The Hall–Kier alpha value is -2.45. The van der Waals surface area contributed by atoms with Crippen LogP contribution in [-0.4, -0.2) is 62.8 Å². The molecule has 1 aliphatic rings. The van der Waals surface area contributed by atoms with Crippen molar-refractivity contribution in [3.8, 4) is 5.75 Å². The highest BCUT2D eigenvalue weighted by Crippen LogP contribution is 2.34. The maximum Gasteiger partial charge on any atom is 0.303 e. The second-order valence-corrected chi connectivity index (χ2v) is 6.27. The summed E-state index contributed by atoms with van der Waals surface area (Å²) in [5, 5.41) is 28.6. The number of H-pyrrole nitrogens is 1. The zero-order valence-corrected chi connectivity index (χ0v) is 13.8. The van der Waals surface area contributed by atoms with Gasteiger partial charge >= 0.3 is 5.97 Å². The van der Waals surface area contributed by atoms with Crippen molar-refractivity contribution in [1.82, 2.24) is 20.3 Å². The average Bonchev–Trinajstić information content (AvgIpc) is 3.22. The van der Waals surface area contributed by atoms with E-state index < -0.39 is 5.97 Å². The van der Waals surface area contributed by atoms with E-state index in [9.17, 15) is 9.90 Å². The van der Waals surface area contributed by atoms with E-state index in [1.165, 1.54) is 0 Å². The number of aromatic amines is 1. The first-order valence-corrected chi connectivity index (χ1v) is 8.28. The molecule has 25 heavy (non-hydrogen) atoms. The van der Waals surface area contributed by atoms with Crippen molar-refractivity contribution in [3.63, 3.8) is 0 Å². The van der Waals surface area contributed by atoms with Crippen molar-refractivity contribution < 1.29 is 19.7 Å². The molecule has 3 rings (SSSR count). The van der Waals surface area contributed by atoms with Crippen molar-refractivity contribution in [2.75, 3.05) is 26.3 Å². The molecule has 8 heteroatoms. The van der Waals surface area contributed by atoms with E-state index in [2.05, 4.69) is 20.3 Å². The number of aliphatic hydroxyl groups excluding tert-OH is 1. The Balaban J connectivity index is 1.68. The number of aliphatic carboxylic acids is 1. The highest BCUT2D eigenvalue weighted by atomic mass is 16.5. The summed E-state index contributed by atoms with van der Waals surface area (Å²) >= 11 is 0. The van der Waals surface area contributed by atoms with Crippen LogP contribution >= 0.6 is 0 Å². The van der Waals surface area contributed by atoms with Crippen LogP contribution in [0, 0.1) is 5.92 Å². The van der Waals surface area contributed by atoms with Crippen LogP contribution in [0.2, 0.25) is 0 Å². The predicted molar refractivity (Wildman–Crippen MR) is 89.2 cm³/mol. The minimum atomic E-state index is -0.792. The van der Waals surface area contributed by atoms with Gasteiger partial charge in [-0.05, 0) is 23.6 Å². The van der Waals surface area contributed by atoms with Gasteiger partial charge < -0.3 is 14.9 Å². The fraction of sp³-hybridized carbons (Fsp3) is 0.471. The number of nitrogens with zero attached hydrogens (tertiary/aromatic N) is 3. The highest BCUT2D eigenvalue weighted by Gasteiger charge is 2.36. The zero-order chi connectivity index (χ0) is 17.6. The second kappa shape index (κ2) is 8.09. The Morgan fingerprint density at radius 3 is 3.00 bits per heavy atom. The first kappa shape index (κ1) is 17.4. The molecular formula is C17H22N4O4. The van der Waals surface area contributed by atoms with Gasteiger partial charge in [0.2, 0.25) is 0 Å². The monoisotopic (exact) mass is 346 g/mol. The predicted octanol–water partition coefficient (Wildman–Crippen LogP) is 0.866. The lowest BCUT2D eigenvalue weighted by Crippen LogP contribution is -2.20. The molecule has 1 aromatic carbocycles. The van der Waals surface area contributed by atoms with Crippen molar-refractivity contribution in [2.24, 2.45) is 5.92 Å². The summed E-state index contributed by atoms with van der Waals surface area (Å²) in [6.45, 7) is 2.40. The molecule has 0 bridgehead atoms. The molecule has 134 valence electrons. The quantitative estimate of drug-likeness (QED) is 0.650. The topological polar surface area (TPSA) is 112 Å². The molecule has 0 spiro atoms. The number of aromatic nitrogens is 3. The number of hydrogen-bond donors (Lipinski definition) is 3. The Morgan fingerprint density at radius 2 is 2.28 bits per heavy atom. The largest absolute Gasteiger partial charge is 0.491 e. The number of benzene rings is 1. The first-order chi connectivity index (χ1) is 12.2. The molecule has 1 aromatic heterocycles. The van der Waals surface area contributed by atoms with Crippen LogP contribution in [0.15, 0.2) is 30.5 Å². The fourth-order valence-electron chi connectivity index (χ4n) is 3.40. The molecule has 3 N–H and O–H groups in total. The highest BCUT2D eigenvalue weighted by molar-refractivity contribution is 5.67. The summed E-state index contributed by atoms with van der Waals surface area (Å²) in [7, 11) is 0. The normalized spacial score (nSPS) is 20.7. The summed E-state index contributed by atoms with van der Waals surface area (Å²) in [5.41, 5.74) is 1.90. The molecule has 1 fully saturated rings. The fourth-order valence-corrected chi connectivity index (χ4v) is 3.40. The Kier molecular flexibility index (Phi) is 5.62. The molecule has 0 amide bonds. The number of nitrogens with one attached hydrogen (secondary N) is 1. The van der Waals surface area contributed by atoms with Crippen LogP contribution in [0.1, 0.15) is 23.6 Å². The number of likely N-dealkylation sites (tertiary alicyclic amines) is 1. The van der Waals surface area contributed by atoms with E-state index in [0.717, 1.165) is 23.6 Å². The van der Waals surface area contributed by atoms with Crippen molar-refractivity contribution in [3.05, 3.63) is 41.7 Å². The van der Waals surface area contributed by atoms with Gasteiger partial charge in [0.05, 0.1) is 24.9 Å². The number of carbonyl (C=O) groups is 1. The first-order valence-electron chi connectivity index (χ1n) is 8.28. The van der Waals surface area contributed by atoms with Gasteiger partial charge in [0.25, 0.3) is 0 Å². The van der Waals surface area contributed by atoms with Crippen LogP contribution in [0.4, 0.5) is 0 Å². The molecule has 0 saturated carbocycles. The van der Waals surface area contributed by atoms with Gasteiger partial charge in [0, 0.05) is 25.6 Å². The van der Waals surface area contributed by atoms with Crippen molar-refractivity contribution in [2.45, 2.75) is 18.9 Å². The number of rotatable bonds is 8. The minimum Gasteiger partial charge on any atom is -0.491 e. The summed E-state index contributed by atoms with van der Waals surface area (Å²) < 4.78 is 5.45. The number of carboxylic acids is 1. The van der Waals surface area contributed by atoms with Gasteiger partial charge in [-0.2, -0.15) is 15.4 Å². The molecule has 0 radical (unpaired) electrons. The smallest absolute Gasteiger partial charge is 0.303 e. The number of hydrogen-bond acceptors (Lipinski definition) is 6.